The standard InChI is InChI=1S/C24H28N2O3S2/c1-4-18-7-6-8-19(5-2)23(18)26-20-14-31(28,29)15-21(20)30-24(26)25-22(27)13-17-11-9-16(3)10-12-17/h6-12,20-21H,4-5,13-15H2,1-3H3/t20-,21+/m1/s1. The van der Waals surface area contributed by atoms with E-state index in [1.54, 1.807) is 0 Å². The van der Waals surface area contributed by atoms with E-state index in [1.807, 2.05) is 37.3 Å². The maximum Gasteiger partial charge on any atom is 0.252 e. The molecule has 0 spiro atoms. The van der Waals surface area contributed by atoms with Gasteiger partial charge in [0.2, 0.25) is 0 Å². The topological polar surface area (TPSA) is 66.8 Å². The van der Waals surface area contributed by atoms with Crippen LogP contribution in [0.25, 0.3) is 0 Å². The van der Waals surface area contributed by atoms with E-state index in [0.717, 1.165) is 40.8 Å². The normalized spacial score (nSPS) is 23.3. The summed E-state index contributed by atoms with van der Waals surface area (Å²) in [5.41, 5.74) is 5.43. The number of amidine groups is 1. The second-order valence-electron chi connectivity index (χ2n) is 8.25. The first kappa shape index (κ1) is 22.1. The number of benzene rings is 2. The van der Waals surface area contributed by atoms with Gasteiger partial charge < -0.3 is 4.90 Å². The first-order valence-electron chi connectivity index (χ1n) is 10.8. The number of fused-ring (bicyclic) bond motifs is 1. The SMILES string of the molecule is CCc1cccc(CC)c1N1C(=NC(=O)Cc2ccc(C)cc2)S[C@H]2CS(=O)(=O)C[C@H]21. The molecule has 4 rings (SSSR count). The number of hydrogen-bond donors (Lipinski definition) is 0. The predicted octanol–water partition coefficient (Wildman–Crippen LogP) is 3.96. The minimum Gasteiger partial charge on any atom is -0.315 e. The molecular formula is C24H28N2O3S2. The van der Waals surface area contributed by atoms with Crippen LogP contribution in [0.4, 0.5) is 5.69 Å². The summed E-state index contributed by atoms with van der Waals surface area (Å²) < 4.78 is 24.8. The van der Waals surface area contributed by atoms with Crippen LogP contribution in [0.2, 0.25) is 0 Å². The molecule has 0 unspecified atom stereocenters. The largest absolute Gasteiger partial charge is 0.315 e. The zero-order valence-electron chi connectivity index (χ0n) is 18.2. The molecule has 0 aliphatic carbocycles. The fraction of sp³-hybridized carbons (Fsp3) is 0.417. The van der Waals surface area contributed by atoms with Crippen molar-refractivity contribution in [3.05, 3.63) is 64.7 Å². The Labute approximate surface area is 188 Å². The molecule has 5 nitrogen and oxygen atoms in total. The van der Waals surface area contributed by atoms with Crippen molar-refractivity contribution in [3.63, 3.8) is 0 Å². The Morgan fingerprint density at radius 1 is 1.06 bits per heavy atom. The van der Waals surface area contributed by atoms with Crippen molar-refractivity contribution < 1.29 is 13.2 Å². The summed E-state index contributed by atoms with van der Waals surface area (Å²) in [6.07, 6.45) is 1.90. The third kappa shape index (κ3) is 4.58. The summed E-state index contributed by atoms with van der Waals surface area (Å²) in [6, 6.07) is 13.9. The van der Waals surface area contributed by atoms with Gasteiger partial charge in [-0.2, -0.15) is 4.99 Å². The number of sulfone groups is 1. The van der Waals surface area contributed by atoms with Crippen LogP contribution in [0.1, 0.15) is 36.1 Å². The van der Waals surface area contributed by atoms with E-state index in [9.17, 15) is 13.2 Å². The predicted molar refractivity (Wildman–Crippen MR) is 129 cm³/mol. The fourth-order valence-electron chi connectivity index (χ4n) is 4.38. The van der Waals surface area contributed by atoms with Gasteiger partial charge in [0.05, 0.1) is 24.0 Å². The molecule has 0 saturated carbocycles. The van der Waals surface area contributed by atoms with Crippen LogP contribution >= 0.6 is 11.8 Å². The van der Waals surface area contributed by atoms with Crippen molar-refractivity contribution in [2.75, 3.05) is 16.4 Å². The molecule has 2 aromatic rings. The van der Waals surface area contributed by atoms with Gasteiger partial charge in [-0.1, -0.05) is 73.6 Å². The highest BCUT2D eigenvalue weighted by Gasteiger charge is 2.50. The molecule has 0 radical (unpaired) electrons. The number of rotatable bonds is 5. The monoisotopic (exact) mass is 456 g/mol. The number of amides is 1. The van der Waals surface area contributed by atoms with E-state index in [1.165, 1.54) is 11.8 Å². The summed E-state index contributed by atoms with van der Waals surface area (Å²) in [4.78, 5) is 19.4. The Kier molecular flexibility index (Phi) is 6.26. The summed E-state index contributed by atoms with van der Waals surface area (Å²) in [5, 5.41) is 0.545. The maximum atomic E-state index is 12.8. The number of aliphatic imine (C=N–C) groups is 1. The molecule has 1 amide bonds. The number of carbonyl (C=O) groups is 1. The van der Waals surface area contributed by atoms with E-state index in [-0.39, 0.29) is 35.1 Å². The first-order valence-corrected chi connectivity index (χ1v) is 13.5. The van der Waals surface area contributed by atoms with Gasteiger partial charge >= 0.3 is 0 Å². The molecule has 2 aliphatic rings. The Balaban J connectivity index is 1.73. The van der Waals surface area contributed by atoms with Gasteiger partial charge in [-0.25, -0.2) is 8.42 Å². The lowest BCUT2D eigenvalue weighted by atomic mass is 10.0. The number of aryl methyl sites for hydroxylation is 3. The molecule has 31 heavy (non-hydrogen) atoms. The molecule has 0 N–H and O–H groups in total. The number of thioether (sulfide) groups is 1. The second-order valence-corrected chi connectivity index (χ2v) is 11.6. The number of para-hydroxylation sites is 1. The van der Waals surface area contributed by atoms with Crippen LogP contribution in [0, 0.1) is 6.92 Å². The molecule has 0 aromatic heterocycles. The molecule has 2 atom stereocenters. The van der Waals surface area contributed by atoms with Gasteiger partial charge in [-0.15, -0.1) is 0 Å². The lowest BCUT2D eigenvalue weighted by Crippen LogP contribution is -2.39. The average molecular weight is 457 g/mol. The highest BCUT2D eigenvalue weighted by Crippen LogP contribution is 2.43. The molecule has 2 aromatic carbocycles. The smallest absolute Gasteiger partial charge is 0.252 e. The first-order chi connectivity index (χ1) is 14.8. The molecule has 164 valence electrons. The Morgan fingerprint density at radius 2 is 1.71 bits per heavy atom. The van der Waals surface area contributed by atoms with Crippen molar-refractivity contribution in [3.8, 4) is 0 Å². The van der Waals surface area contributed by atoms with Crippen LogP contribution in [-0.4, -0.2) is 42.3 Å². The van der Waals surface area contributed by atoms with Gasteiger partial charge in [0.25, 0.3) is 5.91 Å². The van der Waals surface area contributed by atoms with Crippen LogP contribution in [-0.2, 0) is 33.9 Å². The minimum atomic E-state index is -3.09. The van der Waals surface area contributed by atoms with Crippen molar-refractivity contribution in [2.24, 2.45) is 4.99 Å². The highest BCUT2D eigenvalue weighted by molar-refractivity contribution is 8.16. The quantitative estimate of drug-likeness (QED) is 0.681. The second kappa shape index (κ2) is 8.79. The number of hydrogen-bond acceptors (Lipinski definition) is 4. The fourth-order valence-corrected chi connectivity index (χ4v) is 8.29. The lowest BCUT2D eigenvalue weighted by molar-refractivity contribution is -0.117. The van der Waals surface area contributed by atoms with Crippen LogP contribution in [0.3, 0.4) is 0 Å². The van der Waals surface area contributed by atoms with Crippen molar-refractivity contribution in [1.29, 1.82) is 0 Å². The van der Waals surface area contributed by atoms with Gasteiger partial charge in [-0.3, -0.25) is 4.79 Å². The highest BCUT2D eigenvalue weighted by atomic mass is 32.2. The molecule has 0 bridgehead atoms. The van der Waals surface area contributed by atoms with Gasteiger partial charge in [0.1, 0.15) is 0 Å². The summed E-state index contributed by atoms with van der Waals surface area (Å²) in [5.74, 6) is 0.0442. The summed E-state index contributed by atoms with van der Waals surface area (Å²) in [7, 11) is -3.09. The number of nitrogens with zero attached hydrogens (tertiary/aromatic N) is 2. The van der Waals surface area contributed by atoms with E-state index in [2.05, 4.69) is 35.9 Å². The molecule has 2 heterocycles. The van der Waals surface area contributed by atoms with E-state index in [4.69, 9.17) is 0 Å². The Morgan fingerprint density at radius 3 is 2.32 bits per heavy atom. The number of carbonyl (C=O) groups excluding carboxylic acids is 1. The average Bonchev–Trinajstić information content (AvgIpc) is 3.19. The molecular weight excluding hydrogens is 428 g/mol. The third-order valence-corrected chi connectivity index (χ3v) is 9.18. The number of anilines is 1. The Hall–Kier alpha value is -2.12. The molecule has 7 heteroatoms. The van der Waals surface area contributed by atoms with Crippen LogP contribution in [0.15, 0.2) is 47.5 Å². The third-order valence-electron chi connectivity index (χ3n) is 5.97. The molecule has 2 fully saturated rings. The van der Waals surface area contributed by atoms with E-state index >= 15 is 0 Å². The maximum absolute atomic E-state index is 12.8. The van der Waals surface area contributed by atoms with Crippen molar-refractivity contribution in [1.82, 2.24) is 0 Å². The van der Waals surface area contributed by atoms with Crippen LogP contribution in [0.5, 0.6) is 0 Å². The summed E-state index contributed by atoms with van der Waals surface area (Å²) in [6.45, 7) is 6.22. The van der Waals surface area contributed by atoms with Crippen molar-refractivity contribution >= 4 is 38.4 Å². The minimum absolute atomic E-state index is 0.0921. The van der Waals surface area contributed by atoms with Gasteiger partial charge in [-0.05, 0) is 36.5 Å². The van der Waals surface area contributed by atoms with Gasteiger partial charge in [0, 0.05) is 10.9 Å². The zero-order valence-corrected chi connectivity index (χ0v) is 19.8. The van der Waals surface area contributed by atoms with Crippen LogP contribution < -0.4 is 4.90 Å². The summed E-state index contributed by atoms with van der Waals surface area (Å²) >= 11 is 1.44. The van der Waals surface area contributed by atoms with Gasteiger partial charge in [0.15, 0.2) is 15.0 Å². The molecule has 2 aliphatic heterocycles. The van der Waals surface area contributed by atoms with E-state index < -0.39 is 9.84 Å². The lowest BCUT2D eigenvalue weighted by Gasteiger charge is -2.29. The van der Waals surface area contributed by atoms with Crippen molar-refractivity contribution in [2.45, 2.75) is 51.3 Å². The molecule has 2 saturated heterocycles. The Bertz CT molecular complexity index is 1100. The zero-order chi connectivity index (χ0) is 22.2. The van der Waals surface area contributed by atoms with E-state index in [0.29, 0.717) is 5.17 Å².